The normalized spacial score (nSPS) is 11.5. The van der Waals surface area contributed by atoms with Crippen LogP contribution in [-0.4, -0.2) is 28.0 Å². The Kier molecular flexibility index (Phi) is 6.34. The highest BCUT2D eigenvalue weighted by Gasteiger charge is 2.18. The quantitative estimate of drug-likeness (QED) is 0.462. The summed E-state index contributed by atoms with van der Waals surface area (Å²) < 4.78 is 32.3. The lowest BCUT2D eigenvalue weighted by molar-refractivity contribution is 0.0600. The molecule has 0 saturated heterocycles. The molecule has 0 spiro atoms. The van der Waals surface area contributed by atoms with Crippen LogP contribution < -0.4 is 4.72 Å². The second kappa shape index (κ2) is 8.73. The molecule has 0 fully saturated rings. The number of carbonyl (C=O) groups excluding carboxylic acids is 1. The van der Waals surface area contributed by atoms with Gasteiger partial charge in [-0.05, 0) is 47.4 Å². The molecule has 146 valence electrons. The number of hydrogen-bond acceptors (Lipinski definition) is 4. The third-order valence-corrected chi connectivity index (χ3v) is 6.24. The number of hydrogen-bond donors (Lipinski definition) is 1. The van der Waals surface area contributed by atoms with E-state index >= 15 is 0 Å². The summed E-state index contributed by atoms with van der Waals surface area (Å²) in [7, 11) is -2.54. The molecular weight excluding hydrogens is 398 g/mol. The maximum absolute atomic E-state index is 12.5. The van der Waals surface area contributed by atoms with Gasteiger partial charge >= 0.3 is 5.97 Å². The molecule has 0 aliphatic rings. The smallest absolute Gasteiger partial charge is 0.339 e. The highest BCUT2D eigenvalue weighted by Crippen LogP contribution is 2.22. The second-order valence-electron chi connectivity index (χ2n) is 6.27. The SMILES string of the molecule is COC(=O)c1cc(S(=O)(=O)NCCCc2cccc3ccccc23)ccc1Cl. The number of methoxy groups -OCH3 is 1. The van der Waals surface area contributed by atoms with Gasteiger partial charge in [-0.25, -0.2) is 17.9 Å². The molecule has 1 N–H and O–H groups in total. The molecular formula is C21H20ClNO4S. The minimum Gasteiger partial charge on any atom is -0.465 e. The molecule has 0 amide bonds. The van der Waals surface area contributed by atoms with E-state index in [0.29, 0.717) is 6.42 Å². The zero-order valence-corrected chi connectivity index (χ0v) is 16.9. The largest absolute Gasteiger partial charge is 0.465 e. The molecule has 28 heavy (non-hydrogen) atoms. The molecule has 3 aromatic carbocycles. The van der Waals surface area contributed by atoms with E-state index in [4.69, 9.17) is 11.6 Å². The first-order valence-electron chi connectivity index (χ1n) is 8.76. The van der Waals surface area contributed by atoms with Crippen molar-refractivity contribution in [3.8, 4) is 0 Å². The summed E-state index contributed by atoms with van der Waals surface area (Å²) in [6.07, 6.45) is 1.39. The van der Waals surface area contributed by atoms with Crippen molar-refractivity contribution in [3.05, 3.63) is 76.8 Å². The Morgan fingerprint density at radius 3 is 2.61 bits per heavy atom. The maximum atomic E-state index is 12.5. The van der Waals surface area contributed by atoms with Crippen LogP contribution in [0.2, 0.25) is 5.02 Å². The van der Waals surface area contributed by atoms with Crippen LogP contribution in [0.3, 0.4) is 0 Å². The van der Waals surface area contributed by atoms with Gasteiger partial charge in [0.2, 0.25) is 10.0 Å². The van der Waals surface area contributed by atoms with Gasteiger partial charge in [-0.15, -0.1) is 0 Å². The summed E-state index contributed by atoms with van der Waals surface area (Å²) in [6.45, 7) is 0.280. The summed E-state index contributed by atoms with van der Waals surface area (Å²) in [5.74, 6) is -0.682. The molecule has 7 heteroatoms. The van der Waals surface area contributed by atoms with Crippen LogP contribution >= 0.6 is 11.6 Å². The van der Waals surface area contributed by atoms with Gasteiger partial charge in [-0.1, -0.05) is 54.1 Å². The van der Waals surface area contributed by atoms with Crippen molar-refractivity contribution in [2.75, 3.05) is 13.7 Å². The minimum atomic E-state index is -3.75. The van der Waals surface area contributed by atoms with Gasteiger partial charge < -0.3 is 4.74 Å². The van der Waals surface area contributed by atoms with Crippen LogP contribution in [0, 0.1) is 0 Å². The first kappa shape index (κ1) is 20.3. The molecule has 0 atom stereocenters. The van der Waals surface area contributed by atoms with Gasteiger partial charge in [0.25, 0.3) is 0 Å². The standard InChI is InChI=1S/C21H20ClNO4S/c1-27-21(24)19-14-17(11-12-20(19)22)28(25,26)23-13-5-9-16-8-4-7-15-6-2-3-10-18(15)16/h2-4,6-8,10-12,14,23H,5,9,13H2,1H3. The highest BCUT2D eigenvalue weighted by atomic mass is 35.5. The number of benzene rings is 3. The van der Waals surface area contributed by atoms with Crippen molar-refractivity contribution in [2.45, 2.75) is 17.7 Å². The van der Waals surface area contributed by atoms with Crippen LogP contribution in [0.15, 0.2) is 65.6 Å². The van der Waals surface area contributed by atoms with Gasteiger partial charge in [0.15, 0.2) is 0 Å². The molecule has 0 aliphatic carbocycles. The molecule has 3 aromatic rings. The number of fused-ring (bicyclic) bond motifs is 1. The van der Waals surface area contributed by atoms with Crippen molar-refractivity contribution < 1.29 is 17.9 Å². The predicted molar refractivity (Wildman–Crippen MR) is 110 cm³/mol. The van der Waals surface area contributed by atoms with Crippen LogP contribution in [-0.2, 0) is 21.2 Å². The van der Waals surface area contributed by atoms with Gasteiger partial charge in [0.05, 0.1) is 22.6 Å². The molecule has 0 unspecified atom stereocenters. The fraction of sp³-hybridized carbons (Fsp3) is 0.190. The van der Waals surface area contributed by atoms with Crippen LogP contribution in [0.5, 0.6) is 0 Å². The van der Waals surface area contributed by atoms with E-state index in [1.54, 1.807) is 0 Å². The lowest BCUT2D eigenvalue weighted by atomic mass is 10.0. The summed E-state index contributed by atoms with van der Waals surface area (Å²) in [5.41, 5.74) is 1.19. The number of esters is 1. The maximum Gasteiger partial charge on any atom is 0.339 e. The summed E-state index contributed by atoms with van der Waals surface area (Å²) >= 11 is 5.95. The second-order valence-corrected chi connectivity index (χ2v) is 8.45. The topological polar surface area (TPSA) is 72.5 Å². The van der Waals surface area contributed by atoms with Gasteiger partial charge in [-0.2, -0.15) is 0 Å². The first-order valence-corrected chi connectivity index (χ1v) is 10.6. The van der Waals surface area contributed by atoms with Gasteiger partial charge in [0.1, 0.15) is 0 Å². The number of ether oxygens (including phenoxy) is 1. The molecule has 0 radical (unpaired) electrons. The molecule has 0 aromatic heterocycles. The lowest BCUT2D eigenvalue weighted by Gasteiger charge is -2.10. The zero-order chi connectivity index (χ0) is 20.1. The molecule has 0 bridgehead atoms. The van der Waals surface area contributed by atoms with E-state index in [2.05, 4.69) is 33.7 Å². The molecule has 3 rings (SSSR count). The lowest BCUT2D eigenvalue weighted by Crippen LogP contribution is -2.25. The summed E-state index contributed by atoms with van der Waals surface area (Å²) in [4.78, 5) is 11.7. The molecule has 5 nitrogen and oxygen atoms in total. The van der Waals surface area contributed by atoms with Crippen LogP contribution in [0.1, 0.15) is 22.3 Å². The van der Waals surface area contributed by atoms with Gasteiger partial charge in [-0.3, -0.25) is 0 Å². The molecule has 0 saturated carbocycles. The number of rotatable bonds is 7. The number of carbonyl (C=O) groups is 1. The Labute approximate surface area is 169 Å². The number of nitrogens with one attached hydrogen (secondary N) is 1. The zero-order valence-electron chi connectivity index (χ0n) is 15.3. The third-order valence-electron chi connectivity index (χ3n) is 4.45. The van der Waals surface area contributed by atoms with Crippen molar-refractivity contribution >= 4 is 38.4 Å². The first-order chi connectivity index (χ1) is 13.4. The fourth-order valence-electron chi connectivity index (χ4n) is 3.02. The minimum absolute atomic E-state index is 0.0165. The van der Waals surface area contributed by atoms with E-state index < -0.39 is 16.0 Å². The summed E-state index contributed by atoms with van der Waals surface area (Å²) in [5, 5.41) is 2.48. The van der Waals surface area contributed by atoms with Gasteiger partial charge in [0, 0.05) is 6.54 Å². The summed E-state index contributed by atoms with van der Waals surface area (Å²) in [6, 6.07) is 18.2. The van der Waals surface area contributed by atoms with E-state index in [1.165, 1.54) is 36.3 Å². The Morgan fingerprint density at radius 2 is 1.82 bits per heavy atom. The van der Waals surface area contributed by atoms with E-state index in [1.807, 2.05) is 18.2 Å². The van der Waals surface area contributed by atoms with Crippen LogP contribution in [0.25, 0.3) is 10.8 Å². The van der Waals surface area contributed by atoms with Crippen molar-refractivity contribution in [1.82, 2.24) is 4.72 Å². The molecule has 0 aliphatic heterocycles. The Bertz CT molecular complexity index is 1110. The third kappa shape index (κ3) is 4.52. The Morgan fingerprint density at radius 1 is 1.07 bits per heavy atom. The number of aryl methyl sites for hydroxylation is 1. The van der Waals surface area contributed by atoms with E-state index in [9.17, 15) is 13.2 Å². The number of halogens is 1. The van der Waals surface area contributed by atoms with Crippen molar-refractivity contribution in [2.24, 2.45) is 0 Å². The van der Waals surface area contributed by atoms with Crippen LogP contribution in [0.4, 0.5) is 0 Å². The highest BCUT2D eigenvalue weighted by molar-refractivity contribution is 7.89. The predicted octanol–water partition coefficient (Wildman–Crippen LogP) is 4.19. The Balaban J connectivity index is 1.66. The number of sulfonamides is 1. The fourth-order valence-corrected chi connectivity index (χ4v) is 4.31. The molecule has 0 heterocycles. The van der Waals surface area contributed by atoms with Crippen molar-refractivity contribution in [3.63, 3.8) is 0 Å². The average molecular weight is 418 g/mol. The average Bonchev–Trinajstić information content (AvgIpc) is 2.71. The monoisotopic (exact) mass is 417 g/mol. The van der Waals surface area contributed by atoms with E-state index in [-0.39, 0.29) is 22.0 Å². The van der Waals surface area contributed by atoms with E-state index in [0.717, 1.165) is 11.8 Å². The van der Waals surface area contributed by atoms with Crippen molar-refractivity contribution in [1.29, 1.82) is 0 Å². The Hall–Kier alpha value is -2.41.